The zero-order chi connectivity index (χ0) is 21.5. The molecule has 2 heterocycles. The van der Waals surface area contributed by atoms with Gasteiger partial charge in [-0.1, -0.05) is 35.5 Å². The molecule has 0 radical (unpaired) electrons. The Bertz CT molecular complexity index is 1110. The summed E-state index contributed by atoms with van der Waals surface area (Å²) in [5.74, 6) is 0.0842. The molecule has 0 bridgehead atoms. The maximum Gasteiger partial charge on any atom is 0.244 e. The lowest BCUT2D eigenvalue weighted by atomic mass is 10.1. The standard InChI is InChI=1S/C22H25N3O3S2/c1-14-4-7-17(8-5-14)23-21(26)11-25(18-9-6-15(2)16(3)10-18)22-24-19-12-30(27,28)13-20(19)29-22/h4-10,19-20H,11-13H2,1-3H3,(H,23,26)/t19-,20-/m0/s1. The molecule has 0 aliphatic carbocycles. The number of benzene rings is 2. The van der Waals surface area contributed by atoms with Crippen LogP contribution < -0.4 is 10.2 Å². The highest BCUT2D eigenvalue weighted by molar-refractivity contribution is 8.15. The first-order chi connectivity index (χ1) is 14.2. The number of hydrogen-bond donors (Lipinski definition) is 1. The molecule has 1 saturated heterocycles. The molecule has 2 aromatic rings. The number of aryl methyl sites for hydroxylation is 3. The normalized spacial score (nSPS) is 21.8. The molecule has 2 atom stereocenters. The van der Waals surface area contributed by atoms with E-state index >= 15 is 0 Å². The Labute approximate surface area is 181 Å². The fraction of sp³-hybridized carbons (Fsp3) is 0.364. The SMILES string of the molecule is Cc1ccc(NC(=O)CN(C2=N[C@H]3CS(=O)(=O)C[C@@H]3S2)c2ccc(C)c(C)c2)cc1. The van der Waals surface area contributed by atoms with Gasteiger partial charge in [-0.2, -0.15) is 0 Å². The fourth-order valence-electron chi connectivity index (χ4n) is 3.61. The van der Waals surface area contributed by atoms with Gasteiger partial charge >= 0.3 is 0 Å². The fourth-order valence-corrected chi connectivity index (χ4v) is 7.40. The number of rotatable bonds is 4. The number of nitrogens with zero attached hydrogens (tertiary/aromatic N) is 2. The van der Waals surface area contributed by atoms with Crippen molar-refractivity contribution in [3.05, 3.63) is 59.2 Å². The number of nitrogens with one attached hydrogen (secondary N) is 1. The van der Waals surface area contributed by atoms with Crippen LogP contribution in [0.5, 0.6) is 0 Å². The largest absolute Gasteiger partial charge is 0.325 e. The Balaban J connectivity index is 1.58. The Morgan fingerprint density at radius 1 is 1.10 bits per heavy atom. The number of amidine groups is 1. The number of carbonyl (C=O) groups excluding carboxylic acids is 1. The minimum absolute atomic E-state index is 0.0702. The van der Waals surface area contributed by atoms with Crippen LogP contribution in [-0.4, -0.2) is 48.8 Å². The van der Waals surface area contributed by atoms with Gasteiger partial charge in [-0.05, 0) is 56.2 Å². The second kappa shape index (κ2) is 8.07. The van der Waals surface area contributed by atoms with Crippen LogP contribution in [0.4, 0.5) is 11.4 Å². The number of fused-ring (bicyclic) bond motifs is 1. The highest BCUT2D eigenvalue weighted by Crippen LogP contribution is 2.37. The lowest BCUT2D eigenvalue weighted by molar-refractivity contribution is -0.114. The molecule has 2 aromatic carbocycles. The summed E-state index contributed by atoms with van der Waals surface area (Å²) in [5.41, 5.74) is 5.05. The number of anilines is 2. The molecular weight excluding hydrogens is 418 g/mol. The van der Waals surface area contributed by atoms with Gasteiger partial charge in [0, 0.05) is 16.6 Å². The molecule has 6 nitrogen and oxygen atoms in total. The van der Waals surface area contributed by atoms with Crippen molar-refractivity contribution in [2.75, 3.05) is 28.3 Å². The minimum Gasteiger partial charge on any atom is -0.325 e. The first-order valence-corrected chi connectivity index (χ1v) is 12.6. The molecule has 2 aliphatic rings. The molecule has 1 N–H and O–H groups in total. The van der Waals surface area contributed by atoms with E-state index in [1.165, 1.54) is 17.3 Å². The molecule has 30 heavy (non-hydrogen) atoms. The van der Waals surface area contributed by atoms with Crippen LogP contribution in [0.25, 0.3) is 0 Å². The average Bonchev–Trinajstić information content (AvgIpc) is 3.17. The predicted octanol–water partition coefficient (Wildman–Crippen LogP) is 3.33. The summed E-state index contributed by atoms with van der Waals surface area (Å²) < 4.78 is 23.8. The molecule has 0 unspecified atom stereocenters. The van der Waals surface area contributed by atoms with E-state index in [0.717, 1.165) is 22.5 Å². The summed E-state index contributed by atoms with van der Waals surface area (Å²) in [5, 5.41) is 3.58. The second-order valence-electron chi connectivity index (χ2n) is 7.98. The van der Waals surface area contributed by atoms with E-state index in [1.54, 1.807) is 0 Å². The molecule has 2 aliphatic heterocycles. The topological polar surface area (TPSA) is 78.8 Å². The van der Waals surface area contributed by atoms with Gasteiger partial charge in [0.05, 0.1) is 17.5 Å². The maximum absolute atomic E-state index is 12.8. The number of sulfone groups is 1. The van der Waals surface area contributed by atoms with Crippen molar-refractivity contribution in [1.82, 2.24) is 0 Å². The molecule has 158 valence electrons. The molecule has 1 amide bonds. The van der Waals surface area contributed by atoms with Gasteiger partial charge in [0.25, 0.3) is 0 Å². The second-order valence-corrected chi connectivity index (χ2v) is 11.3. The quantitative estimate of drug-likeness (QED) is 0.784. The van der Waals surface area contributed by atoms with E-state index < -0.39 is 9.84 Å². The first-order valence-electron chi connectivity index (χ1n) is 9.86. The van der Waals surface area contributed by atoms with Crippen molar-refractivity contribution in [3.8, 4) is 0 Å². The summed E-state index contributed by atoms with van der Waals surface area (Å²) >= 11 is 1.46. The monoisotopic (exact) mass is 443 g/mol. The van der Waals surface area contributed by atoms with Gasteiger partial charge in [0.1, 0.15) is 6.54 Å². The lowest BCUT2D eigenvalue weighted by Gasteiger charge is -2.25. The minimum atomic E-state index is -3.02. The molecule has 0 aromatic heterocycles. The maximum atomic E-state index is 12.8. The summed E-state index contributed by atoms with van der Waals surface area (Å²) in [4.78, 5) is 19.4. The number of amides is 1. The zero-order valence-electron chi connectivity index (χ0n) is 17.3. The van der Waals surface area contributed by atoms with Gasteiger partial charge in [0.2, 0.25) is 5.91 Å². The van der Waals surface area contributed by atoms with E-state index in [4.69, 9.17) is 4.99 Å². The third-order valence-electron chi connectivity index (χ3n) is 5.48. The molecule has 8 heteroatoms. The van der Waals surface area contributed by atoms with Crippen LogP contribution in [0.2, 0.25) is 0 Å². The van der Waals surface area contributed by atoms with Crippen molar-refractivity contribution < 1.29 is 13.2 Å². The van der Waals surface area contributed by atoms with E-state index in [1.807, 2.05) is 68.1 Å². The molecule has 4 rings (SSSR count). The van der Waals surface area contributed by atoms with Crippen LogP contribution >= 0.6 is 11.8 Å². The number of hydrogen-bond acceptors (Lipinski definition) is 6. The van der Waals surface area contributed by atoms with Gasteiger partial charge in [-0.3, -0.25) is 9.79 Å². The smallest absolute Gasteiger partial charge is 0.244 e. The van der Waals surface area contributed by atoms with Gasteiger partial charge in [0.15, 0.2) is 15.0 Å². The van der Waals surface area contributed by atoms with E-state index in [-0.39, 0.29) is 35.2 Å². The van der Waals surface area contributed by atoms with Crippen molar-refractivity contribution in [3.63, 3.8) is 0 Å². The summed E-state index contributed by atoms with van der Waals surface area (Å²) in [7, 11) is -3.02. The molecule has 1 fully saturated rings. The van der Waals surface area contributed by atoms with Crippen LogP contribution in [0.3, 0.4) is 0 Å². The van der Waals surface area contributed by atoms with E-state index in [9.17, 15) is 13.2 Å². The summed E-state index contributed by atoms with van der Waals surface area (Å²) in [6.07, 6.45) is 0. The Hall–Kier alpha value is -2.32. The highest BCUT2D eigenvalue weighted by atomic mass is 32.2. The van der Waals surface area contributed by atoms with Crippen LogP contribution in [0.1, 0.15) is 16.7 Å². The van der Waals surface area contributed by atoms with Crippen molar-refractivity contribution in [2.45, 2.75) is 32.1 Å². The van der Waals surface area contributed by atoms with Gasteiger partial charge < -0.3 is 10.2 Å². The van der Waals surface area contributed by atoms with Gasteiger partial charge in [-0.15, -0.1) is 0 Å². The van der Waals surface area contributed by atoms with Crippen molar-refractivity contribution in [1.29, 1.82) is 0 Å². The average molecular weight is 444 g/mol. The Morgan fingerprint density at radius 3 is 2.50 bits per heavy atom. The summed E-state index contributed by atoms with van der Waals surface area (Å²) in [6, 6.07) is 13.5. The number of carbonyl (C=O) groups is 1. The van der Waals surface area contributed by atoms with Crippen molar-refractivity contribution in [2.24, 2.45) is 4.99 Å². The lowest BCUT2D eigenvalue weighted by Crippen LogP contribution is -2.36. The highest BCUT2D eigenvalue weighted by Gasteiger charge is 2.44. The van der Waals surface area contributed by atoms with Crippen LogP contribution in [0, 0.1) is 20.8 Å². The number of aliphatic imine (C=N–C) groups is 1. The van der Waals surface area contributed by atoms with E-state index in [0.29, 0.717) is 5.17 Å². The molecule has 0 spiro atoms. The Kier molecular flexibility index (Phi) is 5.63. The Morgan fingerprint density at radius 2 is 1.83 bits per heavy atom. The third-order valence-corrected chi connectivity index (χ3v) is 8.72. The predicted molar refractivity (Wildman–Crippen MR) is 124 cm³/mol. The first kappa shape index (κ1) is 20.9. The van der Waals surface area contributed by atoms with Crippen LogP contribution in [-0.2, 0) is 14.6 Å². The van der Waals surface area contributed by atoms with Gasteiger partial charge in [-0.25, -0.2) is 8.42 Å². The zero-order valence-corrected chi connectivity index (χ0v) is 18.9. The van der Waals surface area contributed by atoms with Crippen LogP contribution in [0.15, 0.2) is 47.5 Å². The molecular formula is C22H25N3O3S2. The van der Waals surface area contributed by atoms with Crippen molar-refractivity contribution >= 4 is 44.0 Å². The van der Waals surface area contributed by atoms with E-state index in [2.05, 4.69) is 5.32 Å². The summed E-state index contributed by atoms with van der Waals surface area (Å²) in [6.45, 7) is 6.19. The molecule has 0 saturated carbocycles. The number of thioether (sulfide) groups is 1. The third kappa shape index (κ3) is 4.54.